The number of hydrogen-bond donors (Lipinski definition) is 0. The fourth-order valence-corrected chi connectivity index (χ4v) is 13.6. The van der Waals surface area contributed by atoms with Crippen LogP contribution < -0.4 is 0 Å². The molecule has 0 N–H and O–H groups in total. The third kappa shape index (κ3) is 5.31. The summed E-state index contributed by atoms with van der Waals surface area (Å²) in [7, 11) is 0. The minimum Gasteiger partial charge on any atom is -0.462 e. The third-order valence-electron chi connectivity index (χ3n) is 16.1. The van der Waals surface area contributed by atoms with Crippen LogP contribution in [0.15, 0.2) is 36.5 Å². The van der Waals surface area contributed by atoms with Crippen LogP contribution in [0.5, 0.6) is 0 Å². The molecule has 4 nitrogen and oxygen atoms in total. The summed E-state index contributed by atoms with van der Waals surface area (Å²) >= 11 is 0. The number of fused-ring (bicyclic) bond motifs is 7. The first-order chi connectivity index (χ1) is 22.0. The summed E-state index contributed by atoms with van der Waals surface area (Å²) in [5, 5.41) is 0. The van der Waals surface area contributed by atoms with Gasteiger partial charge in [0, 0.05) is 41.5 Å². The predicted molar refractivity (Wildman–Crippen MR) is 191 cm³/mol. The molecule has 1 heterocycles. The molecule has 0 aliphatic heterocycles. The monoisotopic (exact) mass is 643 g/mol. The van der Waals surface area contributed by atoms with E-state index in [1.165, 1.54) is 31.3 Å². The van der Waals surface area contributed by atoms with Crippen molar-refractivity contribution in [1.82, 2.24) is 4.98 Å². The molecule has 1 aromatic rings. The summed E-state index contributed by atoms with van der Waals surface area (Å²) in [5.74, 6) is 3.54. The van der Waals surface area contributed by atoms with Crippen molar-refractivity contribution in [3.8, 4) is 0 Å². The van der Waals surface area contributed by atoms with Crippen molar-refractivity contribution in [2.75, 3.05) is 0 Å². The molecule has 0 saturated heterocycles. The SMILES string of the molecule is C=C(C)C1CC[C@]2(C(=O)C[C@H](C)c3ccccn3)CC[C@]3(C)C(CCC4[C@@]5(C)CCC(OC(=O)CC(C)C)C(C)(C)C5CC[C@]43C)C12. The van der Waals surface area contributed by atoms with Gasteiger partial charge in [-0.3, -0.25) is 14.6 Å². The van der Waals surface area contributed by atoms with Crippen LogP contribution in [0.2, 0.25) is 0 Å². The quantitative estimate of drug-likeness (QED) is 0.209. The van der Waals surface area contributed by atoms with E-state index in [9.17, 15) is 9.59 Å². The number of rotatable bonds is 8. The highest BCUT2D eigenvalue weighted by molar-refractivity contribution is 5.86. The molecule has 1 aromatic heterocycles. The Morgan fingerprint density at radius 2 is 1.62 bits per heavy atom. The highest BCUT2D eigenvalue weighted by Gasteiger charge is 2.72. The molecule has 5 fully saturated rings. The second-order valence-electron chi connectivity index (χ2n) is 19.1. The number of carbonyl (C=O) groups is 2. The Hall–Kier alpha value is -1.97. The summed E-state index contributed by atoms with van der Waals surface area (Å²) in [5.41, 5.74) is 2.74. The van der Waals surface area contributed by atoms with Gasteiger partial charge in [0.1, 0.15) is 11.9 Å². The predicted octanol–water partition coefficient (Wildman–Crippen LogP) is 10.8. The number of ether oxygens (including phenoxy) is 1. The lowest BCUT2D eigenvalue weighted by molar-refractivity contribution is -0.249. The van der Waals surface area contributed by atoms with Gasteiger partial charge in [-0.1, -0.05) is 73.6 Å². The number of hydrogen-bond acceptors (Lipinski definition) is 4. The number of allylic oxidation sites excluding steroid dienone is 1. The Kier molecular flexibility index (Phi) is 8.99. The van der Waals surface area contributed by atoms with Crippen LogP contribution in [0.1, 0.15) is 151 Å². The van der Waals surface area contributed by atoms with Gasteiger partial charge in [0.2, 0.25) is 0 Å². The summed E-state index contributed by atoms with van der Waals surface area (Å²) in [4.78, 5) is 32.1. The van der Waals surface area contributed by atoms with Crippen LogP contribution in [0.3, 0.4) is 0 Å². The van der Waals surface area contributed by atoms with Crippen molar-refractivity contribution in [3.05, 3.63) is 42.2 Å². The van der Waals surface area contributed by atoms with E-state index in [2.05, 4.69) is 79.9 Å². The number of esters is 1. The molecule has 260 valence electrons. The first-order valence-electron chi connectivity index (χ1n) is 19.3. The van der Waals surface area contributed by atoms with E-state index in [1.807, 2.05) is 18.3 Å². The second kappa shape index (κ2) is 12.1. The zero-order valence-electron chi connectivity index (χ0n) is 31.3. The Morgan fingerprint density at radius 1 is 0.872 bits per heavy atom. The topological polar surface area (TPSA) is 56.3 Å². The lowest BCUT2D eigenvalue weighted by Crippen LogP contribution is -2.67. The highest BCUT2D eigenvalue weighted by atomic mass is 16.5. The van der Waals surface area contributed by atoms with E-state index < -0.39 is 0 Å². The van der Waals surface area contributed by atoms with Gasteiger partial charge < -0.3 is 4.74 Å². The average molecular weight is 644 g/mol. The average Bonchev–Trinajstić information content (AvgIpc) is 3.40. The molecular formula is C43H65NO3. The summed E-state index contributed by atoms with van der Waals surface area (Å²) in [6, 6.07) is 6.09. The number of pyridine rings is 1. The molecule has 0 aromatic carbocycles. The molecule has 11 atom stereocenters. The van der Waals surface area contributed by atoms with Crippen molar-refractivity contribution in [2.45, 2.75) is 151 Å². The van der Waals surface area contributed by atoms with Gasteiger partial charge in [0.25, 0.3) is 0 Å². The lowest BCUT2D eigenvalue weighted by Gasteiger charge is -2.73. The van der Waals surface area contributed by atoms with Gasteiger partial charge in [-0.05, 0) is 135 Å². The van der Waals surface area contributed by atoms with Crippen LogP contribution in [-0.4, -0.2) is 22.8 Å². The molecule has 47 heavy (non-hydrogen) atoms. The lowest BCUT2D eigenvalue weighted by atomic mass is 9.32. The molecule has 6 unspecified atom stereocenters. The van der Waals surface area contributed by atoms with Crippen LogP contribution in [0.25, 0.3) is 0 Å². The van der Waals surface area contributed by atoms with Crippen LogP contribution in [0.4, 0.5) is 0 Å². The molecular weight excluding hydrogens is 578 g/mol. The molecule has 0 amide bonds. The van der Waals surface area contributed by atoms with Crippen LogP contribution >= 0.6 is 0 Å². The Labute approximate surface area is 286 Å². The molecule has 0 bridgehead atoms. The van der Waals surface area contributed by atoms with Gasteiger partial charge >= 0.3 is 5.97 Å². The molecule has 0 radical (unpaired) electrons. The van der Waals surface area contributed by atoms with Gasteiger partial charge in [-0.15, -0.1) is 0 Å². The van der Waals surface area contributed by atoms with E-state index in [1.54, 1.807) is 0 Å². The number of Topliss-reactive ketones (excluding diaryl/α,β-unsaturated/α-hetero) is 1. The molecule has 4 heteroatoms. The first-order valence-corrected chi connectivity index (χ1v) is 19.3. The van der Waals surface area contributed by atoms with Crippen LogP contribution in [-0.2, 0) is 14.3 Å². The van der Waals surface area contributed by atoms with Gasteiger partial charge in [-0.2, -0.15) is 0 Å². The second-order valence-corrected chi connectivity index (χ2v) is 19.1. The standard InChI is InChI=1S/C43H65NO3/c1-27(2)25-37(46)47-36-18-19-40(8)33(39(36,6)7)17-20-42(10)34(40)15-14-31-38-30(28(3)4)16-21-43(38,23-22-41(31,42)9)35(45)26-29(5)32-13-11-12-24-44-32/h11-13,24,27,29-31,33-34,36,38H,3,14-23,25-26H2,1-2,4-10H3/t29-,30?,31?,33?,34?,36?,38?,40-,41+,42+,43+/m0/s1. The zero-order valence-corrected chi connectivity index (χ0v) is 31.3. The fraction of sp³-hybridized carbons (Fsp3) is 0.791. The van der Waals surface area contributed by atoms with Crippen molar-refractivity contribution >= 4 is 11.8 Å². The maximum atomic E-state index is 14.7. The van der Waals surface area contributed by atoms with Crippen molar-refractivity contribution in [2.24, 2.45) is 62.6 Å². The zero-order chi connectivity index (χ0) is 34.2. The molecule has 5 aliphatic carbocycles. The van der Waals surface area contributed by atoms with E-state index >= 15 is 0 Å². The third-order valence-corrected chi connectivity index (χ3v) is 16.1. The minimum absolute atomic E-state index is 0.00714. The van der Waals surface area contributed by atoms with Gasteiger partial charge in [0.05, 0.1) is 0 Å². The van der Waals surface area contributed by atoms with E-state index in [0.29, 0.717) is 54.1 Å². The van der Waals surface area contributed by atoms with Gasteiger partial charge in [0.15, 0.2) is 0 Å². The largest absolute Gasteiger partial charge is 0.462 e. The number of aromatic nitrogens is 1. The number of ketones is 1. The normalized spacial score (nSPS) is 42.8. The molecule has 5 saturated carbocycles. The summed E-state index contributed by atoms with van der Waals surface area (Å²) < 4.78 is 6.27. The van der Waals surface area contributed by atoms with Crippen molar-refractivity contribution in [3.63, 3.8) is 0 Å². The maximum absolute atomic E-state index is 14.7. The van der Waals surface area contributed by atoms with E-state index in [0.717, 1.165) is 44.2 Å². The van der Waals surface area contributed by atoms with Crippen molar-refractivity contribution < 1.29 is 14.3 Å². The Balaban J connectivity index is 1.29. The molecule has 6 rings (SSSR count). The fourth-order valence-electron chi connectivity index (χ4n) is 13.6. The van der Waals surface area contributed by atoms with Crippen molar-refractivity contribution in [1.29, 1.82) is 0 Å². The number of nitrogens with zero attached hydrogens (tertiary/aromatic N) is 1. The molecule has 5 aliphatic rings. The van der Waals surface area contributed by atoms with E-state index in [4.69, 9.17) is 4.74 Å². The minimum atomic E-state index is -0.221. The van der Waals surface area contributed by atoms with Gasteiger partial charge in [-0.25, -0.2) is 0 Å². The summed E-state index contributed by atoms with van der Waals surface area (Å²) in [6.45, 7) is 26.0. The highest BCUT2D eigenvalue weighted by Crippen LogP contribution is 2.77. The van der Waals surface area contributed by atoms with E-state index in [-0.39, 0.29) is 45.1 Å². The van der Waals surface area contributed by atoms with Crippen LogP contribution in [0, 0.1) is 62.6 Å². The maximum Gasteiger partial charge on any atom is 0.306 e. The summed E-state index contributed by atoms with van der Waals surface area (Å²) in [6.07, 6.45) is 14.4. The molecule has 0 spiro atoms. The Bertz CT molecular complexity index is 1370. The first kappa shape index (κ1) is 34.9. The number of carbonyl (C=O) groups excluding carboxylic acids is 2. The smallest absolute Gasteiger partial charge is 0.306 e. The Morgan fingerprint density at radius 3 is 2.28 bits per heavy atom.